The highest BCUT2D eigenvalue weighted by Crippen LogP contribution is 2.15. The molecule has 1 aromatic heterocycles. The summed E-state index contributed by atoms with van der Waals surface area (Å²) in [7, 11) is 0. The summed E-state index contributed by atoms with van der Waals surface area (Å²) < 4.78 is 5.08. The molecule has 0 atom stereocenters. The molecule has 0 radical (unpaired) electrons. The Morgan fingerprint density at radius 3 is 2.44 bits per heavy atom. The first-order valence-corrected chi connectivity index (χ1v) is 10.8. The molecule has 4 rings (SSSR count). The largest absolute Gasteiger partial charge is 0.459 e. The number of likely N-dealkylation sites (tertiary alicyclic amines) is 1. The van der Waals surface area contributed by atoms with Crippen LogP contribution in [0.1, 0.15) is 44.9 Å². The molecule has 1 saturated heterocycles. The monoisotopic (exact) mass is 433 g/mol. The van der Waals surface area contributed by atoms with Gasteiger partial charge in [-0.15, -0.1) is 0 Å². The highest BCUT2D eigenvalue weighted by molar-refractivity contribution is 6.03. The molecular weight excluding hydrogens is 406 g/mol. The zero-order valence-corrected chi connectivity index (χ0v) is 17.8. The third-order valence-electron chi connectivity index (χ3n) is 5.57. The molecule has 3 aromatic rings. The number of furan rings is 1. The quantitative estimate of drug-likeness (QED) is 0.531. The number of hydrogen-bond donors (Lipinski definition) is 3. The van der Waals surface area contributed by atoms with Gasteiger partial charge in [-0.05, 0) is 54.3 Å². The maximum absolute atomic E-state index is 12.6. The summed E-state index contributed by atoms with van der Waals surface area (Å²) in [6, 6.07) is 18.2. The van der Waals surface area contributed by atoms with Gasteiger partial charge in [-0.1, -0.05) is 30.3 Å². The SMILES string of the molecule is O=C(NCc1ccc(CN2CCC(O)CC2)cc1)c1cccc(NC(=O)c2ccco2)c1. The Balaban J connectivity index is 1.28. The van der Waals surface area contributed by atoms with Crippen LogP contribution in [0.5, 0.6) is 0 Å². The van der Waals surface area contributed by atoms with Gasteiger partial charge < -0.3 is 20.2 Å². The standard InChI is InChI=1S/C25H27N3O4/c29-22-10-12-28(13-11-22)17-19-8-6-18(7-9-19)16-26-24(30)20-3-1-4-21(15-20)27-25(31)23-5-2-14-32-23/h1-9,14-15,22,29H,10-13,16-17H2,(H,26,30)(H,27,31). The molecule has 2 heterocycles. The van der Waals surface area contributed by atoms with E-state index in [1.165, 1.54) is 11.8 Å². The number of nitrogens with one attached hydrogen (secondary N) is 2. The van der Waals surface area contributed by atoms with Crippen LogP contribution in [0.3, 0.4) is 0 Å². The van der Waals surface area contributed by atoms with Crippen molar-refractivity contribution in [2.45, 2.75) is 32.0 Å². The van der Waals surface area contributed by atoms with E-state index in [-0.39, 0.29) is 23.7 Å². The fourth-order valence-corrected chi connectivity index (χ4v) is 3.72. The first-order chi connectivity index (χ1) is 15.6. The zero-order valence-electron chi connectivity index (χ0n) is 17.8. The number of aliphatic hydroxyl groups is 1. The summed E-state index contributed by atoms with van der Waals surface area (Å²) in [4.78, 5) is 27.0. The van der Waals surface area contributed by atoms with Crippen LogP contribution < -0.4 is 10.6 Å². The molecule has 1 aliphatic rings. The molecule has 2 amide bonds. The first-order valence-electron chi connectivity index (χ1n) is 10.8. The minimum absolute atomic E-state index is 0.162. The fourth-order valence-electron chi connectivity index (χ4n) is 3.72. The van der Waals surface area contributed by atoms with Crippen molar-refractivity contribution in [3.8, 4) is 0 Å². The van der Waals surface area contributed by atoms with Crippen LogP contribution in [0.4, 0.5) is 5.69 Å². The van der Waals surface area contributed by atoms with Gasteiger partial charge >= 0.3 is 0 Å². The molecule has 1 aliphatic heterocycles. The Labute approximate surface area is 187 Å². The van der Waals surface area contributed by atoms with Crippen LogP contribution in [0.15, 0.2) is 71.3 Å². The summed E-state index contributed by atoms with van der Waals surface area (Å²) in [5.74, 6) is -0.371. The van der Waals surface area contributed by atoms with Gasteiger partial charge in [-0.25, -0.2) is 0 Å². The van der Waals surface area contributed by atoms with Gasteiger partial charge in [0.15, 0.2) is 5.76 Å². The van der Waals surface area contributed by atoms with Crippen molar-refractivity contribution in [1.82, 2.24) is 10.2 Å². The lowest BCUT2D eigenvalue weighted by Crippen LogP contribution is -2.35. The molecule has 3 N–H and O–H groups in total. The van der Waals surface area contributed by atoms with Crippen LogP contribution >= 0.6 is 0 Å². The molecule has 166 valence electrons. The molecule has 2 aromatic carbocycles. The van der Waals surface area contributed by atoms with Crippen LogP contribution in [-0.2, 0) is 13.1 Å². The first kappa shape index (κ1) is 21.8. The van der Waals surface area contributed by atoms with Gasteiger partial charge in [-0.3, -0.25) is 14.5 Å². The second-order valence-corrected chi connectivity index (χ2v) is 8.02. The number of benzene rings is 2. The lowest BCUT2D eigenvalue weighted by Gasteiger charge is -2.29. The minimum atomic E-state index is -0.367. The molecule has 32 heavy (non-hydrogen) atoms. The van der Waals surface area contributed by atoms with Gasteiger partial charge in [0, 0.05) is 37.4 Å². The maximum atomic E-state index is 12.6. The number of amides is 2. The number of carbonyl (C=O) groups is 2. The average Bonchev–Trinajstić information content (AvgIpc) is 3.35. The normalized spacial score (nSPS) is 14.8. The van der Waals surface area contributed by atoms with Crippen molar-refractivity contribution in [2.24, 2.45) is 0 Å². The van der Waals surface area contributed by atoms with Crippen LogP contribution in [0, 0.1) is 0 Å². The van der Waals surface area contributed by atoms with Gasteiger partial charge in [-0.2, -0.15) is 0 Å². The Morgan fingerprint density at radius 1 is 0.969 bits per heavy atom. The Bertz CT molecular complexity index is 1040. The van der Waals surface area contributed by atoms with Crippen molar-refractivity contribution in [1.29, 1.82) is 0 Å². The van der Waals surface area contributed by atoms with E-state index in [0.29, 0.717) is 17.8 Å². The molecule has 0 unspecified atom stereocenters. The second kappa shape index (κ2) is 10.3. The third-order valence-corrected chi connectivity index (χ3v) is 5.57. The number of nitrogens with zero attached hydrogens (tertiary/aromatic N) is 1. The van der Waals surface area contributed by atoms with E-state index < -0.39 is 0 Å². The number of aliphatic hydroxyl groups excluding tert-OH is 1. The van der Waals surface area contributed by atoms with Gasteiger partial charge in [0.1, 0.15) is 0 Å². The maximum Gasteiger partial charge on any atom is 0.291 e. The molecule has 0 bridgehead atoms. The predicted octanol–water partition coefficient (Wildman–Crippen LogP) is 3.42. The summed E-state index contributed by atoms with van der Waals surface area (Å²) in [6.45, 7) is 3.12. The Morgan fingerprint density at radius 2 is 1.72 bits per heavy atom. The topological polar surface area (TPSA) is 94.8 Å². The number of carbonyl (C=O) groups excluding carboxylic acids is 2. The molecule has 1 fully saturated rings. The van der Waals surface area contributed by atoms with Gasteiger partial charge in [0.05, 0.1) is 12.4 Å². The number of rotatable bonds is 7. The zero-order chi connectivity index (χ0) is 22.3. The summed E-state index contributed by atoms with van der Waals surface area (Å²) >= 11 is 0. The van der Waals surface area contributed by atoms with E-state index >= 15 is 0 Å². The van der Waals surface area contributed by atoms with Gasteiger partial charge in [0.2, 0.25) is 0 Å². The van der Waals surface area contributed by atoms with E-state index in [1.807, 2.05) is 12.1 Å². The lowest BCUT2D eigenvalue weighted by atomic mass is 10.1. The minimum Gasteiger partial charge on any atom is -0.459 e. The van der Waals surface area contributed by atoms with E-state index in [0.717, 1.165) is 38.0 Å². The van der Waals surface area contributed by atoms with Crippen LogP contribution in [0.25, 0.3) is 0 Å². The summed E-state index contributed by atoms with van der Waals surface area (Å²) in [5, 5.41) is 15.3. The molecule has 0 spiro atoms. The third kappa shape index (κ3) is 5.84. The van der Waals surface area contributed by atoms with Crippen molar-refractivity contribution >= 4 is 17.5 Å². The molecular formula is C25H27N3O4. The average molecular weight is 434 g/mol. The molecule has 0 saturated carbocycles. The molecule has 7 nitrogen and oxygen atoms in total. The number of hydrogen-bond acceptors (Lipinski definition) is 5. The fraction of sp³-hybridized carbons (Fsp3) is 0.280. The molecule has 7 heteroatoms. The van der Waals surface area contributed by atoms with Crippen molar-refractivity contribution < 1.29 is 19.1 Å². The predicted molar refractivity (Wildman–Crippen MR) is 121 cm³/mol. The van der Waals surface area contributed by atoms with Gasteiger partial charge in [0.25, 0.3) is 11.8 Å². The Kier molecular flexibility index (Phi) is 6.99. The van der Waals surface area contributed by atoms with Crippen LogP contribution in [0.2, 0.25) is 0 Å². The Hall–Kier alpha value is -3.42. The summed E-state index contributed by atoms with van der Waals surface area (Å²) in [5.41, 5.74) is 3.22. The summed E-state index contributed by atoms with van der Waals surface area (Å²) in [6.07, 6.45) is 2.94. The lowest BCUT2D eigenvalue weighted by molar-refractivity contribution is 0.0792. The van der Waals surface area contributed by atoms with Crippen molar-refractivity contribution in [3.05, 3.63) is 89.4 Å². The van der Waals surface area contributed by atoms with Crippen LogP contribution in [-0.4, -0.2) is 41.0 Å². The number of anilines is 1. The van der Waals surface area contributed by atoms with E-state index in [4.69, 9.17) is 4.42 Å². The van der Waals surface area contributed by atoms with E-state index in [9.17, 15) is 14.7 Å². The number of piperidine rings is 1. The van der Waals surface area contributed by atoms with E-state index in [2.05, 4.69) is 27.7 Å². The van der Waals surface area contributed by atoms with E-state index in [1.54, 1.807) is 36.4 Å². The smallest absolute Gasteiger partial charge is 0.291 e. The second-order valence-electron chi connectivity index (χ2n) is 8.02. The van der Waals surface area contributed by atoms with Crippen molar-refractivity contribution in [2.75, 3.05) is 18.4 Å². The highest BCUT2D eigenvalue weighted by atomic mass is 16.3. The molecule has 0 aliphatic carbocycles. The highest BCUT2D eigenvalue weighted by Gasteiger charge is 2.17. The van der Waals surface area contributed by atoms with Crippen molar-refractivity contribution in [3.63, 3.8) is 0 Å².